The number of aromatic nitrogens is 6. The standard InChI is InChI=1S/C18H15N7O2/c1-12-20-18(27-22-12)16(13-5-3-2-4-6-13)21-17(26)14-7-9-15(10-8-14)25-11-19-23-24-25/h2-11,16H,1H3,(H,21,26). The maximum Gasteiger partial charge on any atom is 0.253 e. The fourth-order valence-electron chi connectivity index (χ4n) is 2.62. The lowest BCUT2D eigenvalue weighted by Crippen LogP contribution is -2.29. The van der Waals surface area contributed by atoms with E-state index in [-0.39, 0.29) is 5.91 Å². The first-order valence-electron chi connectivity index (χ1n) is 8.20. The van der Waals surface area contributed by atoms with E-state index in [2.05, 4.69) is 31.0 Å². The Labute approximate surface area is 154 Å². The van der Waals surface area contributed by atoms with Gasteiger partial charge in [0, 0.05) is 5.56 Å². The van der Waals surface area contributed by atoms with Crippen LogP contribution in [0.15, 0.2) is 65.4 Å². The van der Waals surface area contributed by atoms with Crippen molar-refractivity contribution in [2.45, 2.75) is 13.0 Å². The number of benzene rings is 2. The lowest BCUT2D eigenvalue weighted by atomic mass is 10.1. The highest BCUT2D eigenvalue weighted by Crippen LogP contribution is 2.21. The number of carbonyl (C=O) groups is 1. The lowest BCUT2D eigenvalue weighted by molar-refractivity contribution is 0.0936. The van der Waals surface area contributed by atoms with Crippen molar-refractivity contribution in [2.75, 3.05) is 0 Å². The monoisotopic (exact) mass is 361 g/mol. The molecule has 0 aliphatic carbocycles. The van der Waals surface area contributed by atoms with Crippen LogP contribution in [-0.2, 0) is 0 Å². The van der Waals surface area contributed by atoms with E-state index in [4.69, 9.17) is 4.52 Å². The summed E-state index contributed by atoms with van der Waals surface area (Å²) in [4.78, 5) is 17.0. The van der Waals surface area contributed by atoms with Crippen LogP contribution >= 0.6 is 0 Å². The van der Waals surface area contributed by atoms with Gasteiger partial charge in [0.25, 0.3) is 11.8 Å². The summed E-state index contributed by atoms with van der Waals surface area (Å²) < 4.78 is 6.79. The van der Waals surface area contributed by atoms with Gasteiger partial charge in [-0.1, -0.05) is 35.5 Å². The first-order chi connectivity index (χ1) is 13.2. The molecule has 9 nitrogen and oxygen atoms in total. The predicted molar refractivity (Wildman–Crippen MR) is 93.9 cm³/mol. The molecule has 0 saturated heterocycles. The molecule has 2 heterocycles. The van der Waals surface area contributed by atoms with Crippen LogP contribution in [0, 0.1) is 6.92 Å². The van der Waals surface area contributed by atoms with Crippen molar-refractivity contribution in [1.29, 1.82) is 0 Å². The van der Waals surface area contributed by atoms with Gasteiger partial charge in [-0.15, -0.1) is 5.10 Å². The molecule has 4 rings (SSSR count). The van der Waals surface area contributed by atoms with Gasteiger partial charge in [-0.3, -0.25) is 4.79 Å². The summed E-state index contributed by atoms with van der Waals surface area (Å²) in [7, 11) is 0. The first-order valence-corrected chi connectivity index (χ1v) is 8.20. The summed E-state index contributed by atoms with van der Waals surface area (Å²) in [6.45, 7) is 1.73. The molecule has 2 aromatic heterocycles. The van der Waals surface area contributed by atoms with E-state index in [9.17, 15) is 4.79 Å². The van der Waals surface area contributed by atoms with E-state index in [1.165, 1.54) is 11.0 Å². The van der Waals surface area contributed by atoms with Gasteiger partial charge >= 0.3 is 0 Å². The summed E-state index contributed by atoms with van der Waals surface area (Å²) in [5, 5.41) is 17.8. The fourth-order valence-corrected chi connectivity index (χ4v) is 2.62. The van der Waals surface area contributed by atoms with Crippen LogP contribution in [0.25, 0.3) is 5.69 Å². The molecule has 1 unspecified atom stereocenters. The average Bonchev–Trinajstić information content (AvgIpc) is 3.39. The second kappa shape index (κ2) is 7.16. The number of nitrogens with zero attached hydrogens (tertiary/aromatic N) is 6. The van der Waals surface area contributed by atoms with E-state index in [0.717, 1.165) is 11.3 Å². The smallest absolute Gasteiger partial charge is 0.253 e. The van der Waals surface area contributed by atoms with Crippen LogP contribution in [0.3, 0.4) is 0 Å². The van der Waals surface area contributed by atoms with Crippen LogP contribution in [-0.4, -0.2) is 36.3 Å². The van der Waals surface area contributed by atoms with Gasteiger partial charge in [0.2, 0.25) is 0 Å². The summed E-state index contributed by atoms with van der Waals surface area (Å²) in [5.74, 6) is 0.575. The number of amides is 1. The molecule has 0 aliphatic heterocycles. The van der Waals surface area contributed by atoms with Gasteiger partial charge in [0.15, 0.2) is 5.82 Å². The zero-order valence-electron chi connectivity index (χ0n) is 14.4. The number of nitrogens with one attached hydrogen (secondary N) is 1. The highest BCUT2D eigenvalue weighted by Gasteiger charge is 2.23. The molecule has 9 heteroatoms. The zero-order chi connectivity index (χ0) is 18.6. The molecular formula is C18H15N7O2. The second-order valence-corrected chi connectivity index (χ2v) is 5.80. The minimum absolute atomic E-state index is 0.261. The Morgan fingerprint density at radius 2 is 1.89 bits per heavy atom. The van der Waals surface area contributed by atoms with Crippen molar-refractivity contribution in [3.05, 3.63) is 83.8 Å². The average molecular weight is 361 g/mol. The van der Waals surface area contributed by atoms with Crippen LogP contribution in [0.2, 0.25) is 0 Å². The van der Waals surface area contributed by atoms with Gasteiger partial charge in [0.05, 0.1) is 5.69 Å². The molecule has 2 aromatic carbocycles. The minimum atomic E-state index is -0.543. The Kier molecular flexibility index (Phi) is 4.40. The van der Waals surface area contributed by atoms with E-state index < -0.39 is 6.04 Å². The SMILES string of the molecule is Cc1noc(C(NC(=O)c2ccc(-n3cnnn3)cc2)c2ccccc2)n1. The summed E-state index contributed by atoms with van der Waals surface area (Å²) in [6.07, 6.45) is 1.48. The van der Waals surface area contributed by atoms with E-state index in [1.807, 2.05) is 30.3 Å². The first kappa shape index (κ1) is 16.6. The predicted octanol–water partition coefficient (Wildman–Crippen LogP) is 1.87. The quantitative estimate of drug-likeness (QED) is 0.577. The van der Waals surface area contributed by atoms with Gasteiger partial charge in [-0.25, -0.2) is 4.68 Å². The van der Waals surface area contributed by atoms with E-state index in [0.29, 0.717) is 17.3 Å². The number of carbonyl (C=O) groups excluding carboxylic acids is 1. The number of hydrogen-bond acceptors (Lipinski definition) is 7. The molecule has 27 heavy (non-hydrogen) atoms. The second-order valence-electron chi connectivity index (χ2n) is 5.80. The Bertz CT molecular complexity index is 1030. The number of hydrogen-bond donors (Lipinski definition) is 1. The topological polar surface area (TPSA) is 112 Å². The van der Waals surface area contributed by atoms with Crippen molar-refractivity contribution in [3.8, 4) is 5.69 Å². The molecule has 0 bridgehead atoms. The Hall–Kier alpha value is -3.88. The lowest BCUT2D eigenvalue weighted by Gasteiger charge is -2.15. The van der Waals surface area contributed by atoms with E-state index in [1.54, 1.807) is 31.2 Å². The fraction of sp³-hybridized carbons (Fsp3) is 0.111. The van der Waals surface area contributed by atoms with Gasteiger partial charge in [0.1, 0.15) is 12.4 Å². The highest BCUT2D eigenvalue weighted by molar-refractivity contribution is 5.94. The van der Waals surface area contributed by atoms with Crippen LogP contribution in [0.1, 0.15) is 33.7 Å². The third-order valence-corrected chi connectivity index (χ3v) is 3.94. The molecule has 0 saturated carbocycles. The van der Waals surface area contributed by atoms with Crippen LogP contribution in [0.5, 0.6) is 0 Å². The van der Waals surface area contributed by atoms with Crippen molar-refractivity contribution in [2.24, 2.45) is 0 Å². The third kappa shape index (κ3) is 3.56. The van der Waals surface area contributed by atoms with Gasteiger partial charge in [-0.05, 0) is 47.2 Å². The van der Waals surface area contributed by atoms with Gasteiger partial charge in [-0.2, -0.15) is 4.98 Å². The summed E-state index contributed by atoms with van der Waals surface area (Å²) in [5.41, 5.74) is 2.09. The zero-order valence-corrected chi connectivity index (χ0v) is 14.4. The van der Waals surface area contributed by atoms with Crippen molar-refractivity contribution < 1.29 is 9.32 Å². The molecule has 4 aromatic rings. The molecule has 0 radical (unpaired) electrons. The maximum absolute atomic E-state index is 12.8. The number of tetrazole rings is 1. The molecule has 1 amide bonds. The Balaban J connectivity index is 1.58. The highest BCUT2D eigenvalue weighted by atomic mass is 16.5. The summed E-state index contributed by atoms with van der Waals surface area (Å²) in [6, 6.07) is 15.9. The molecule has 0 spiro atoms. The van der Waals surface area contributed by atoms with Crippen LogP contribution in [0.4, 0.5) is 0 Å². The molecule has 1 N–H and O–H groups in total. The molecule has 0 aliphatic rings. The normalized spacial score (nSPS) is 11.9. The van der Waals surface area contributed by atoms with Crippen molar-refractivity contribution in [3.63, 3.8) is 0 Å². The van der Waals surface area contributed by atoms with Crippen LogP contribution < -0.4 is 5.32 Å². The maximum atomic E-state index is 12.8. The summed E-state index contributed by atoms with van der Waals surface area (Å²) >= 11 is 0. The van der Waals surface area contributed by atoms with Crippen molar-refractivity contribution >= 4 is 5.91 Å². The van der Waals surface area contributed by atoms with Gasteiger partial charge < -0.3 is 9.84 Å². The molecule has 134 valence electrons. The third-order valence-electron chi connectivity index (χ3n) is 3.94. The molecule has 0 fully saturated rings. The van der Waals surface area contributed by atoms with E-state index >= 15 is 0 Å². The van der Waals surface area contributed by atoms with Crippen molar-refractivity contribution in [1.82, 2.24) is 35.7 Å². The molecular weight excluding hydrogens is 346 g/mol. The minimum Gasteiger partial charge on any atom is -0.337 e. The Morgan fingerprint density at radius 3 is 2.52 bits per heavy atom. The number of aryl methyl sites for hydroxylation is 1. The largest absolute Gasteiger partial charge is 0.337 e. The Morgan fingerprint density at radius 1 is 1.11 bits per heavy atom. The molecule has 1 atom stereocenters. The number of rotatable bonds is 5.